The number of phenols is 2. The van der Waals surface area contributed by atoms with Crippen LogP contribution < -0.4 is 26.7 Å². The standard InChI is InChI=1S/C21H27N5O3.C15H22ClN5O2.C6H7BO3/c1-21(2,3)29-20(28)26-13-8-9-14(26)12-25(11-13)17-10-16(23-24-19(17)22)15-6-4-5-7-18(15)27;1-15(2,3)23-14(22)21-9-4-5-10(21)8-20(7-9)11-6-12(16)18-19-13(11)17;8-6-4-2-1-3-5(6)7(9)10/h4-7,10,13-14,27H,8-9,11-12H2,1-3H3,(H2,22,24);6,9-10H,4-5,7-8H2,1-3H3,(H2,17,19);1-4,8-10H. The summed E-state index contributed by atoms with van der Waals surface area (Å²) in [5, 5.41) is 52.5. The normalized spacial score (nSPS) is 20.4. The van der Waals surface area contributed by atoms with E-state index in [1.807, 2.05) is 63.5 Å². The Balaban J connectivity index is 0.000000173. The lowest BCUT2D eigenvalue weighted by Gasteiger charge is -2.42. The zero-order chi connectivity index (χ0) is 45.1. The molecule has 4 aliphatic heterocycles. The van der Waals surface area contributed by atoms with Gasteiger partial charge in [-0.15, -0.1) is 20.4 Å². The summed E-state index contributed by atoms with van der Waals surface area (Å²) in [6.07, 6.45) is 3.32. The van der Waals surface area contributed by atoms with E-state index >= 15 is 0 Å². The molecule has 332 valence electrons. The van der Waals surface area contributed by atoms with Crippen LogP contribution in [0.2, 0.25) is 5.15 Å². The zero-order valence-corrected chi connectivity index (χ0v) is 36.6. The molecule has 4 aromatic rings. The lowest BCUT2D eigenvalue weighted by atomic mass is 9.80. The molecular weight excluding hydrogens is 819 g/mol. The van der Waals surface area contributed by atoms with Crippen molar-refractivity contribution >= 4 is 59.4 Å². The lowest BCUT2D eigenvalue weighted by Crippen LogP contribution is -2.57. The van der Waals surface area contributed by atoms with Crippen molar-refractivity contribution in [3.05, 3.63) is 65.8 Å². The van der Waals surface area contributed by atoms with Crippen LogP contribution in [0.15, 0.2) is 60.7 Å². The van der Waals surface area contributed by atoms with Gasteiger partial charge in [0, 0.05) is 43.3 Å². The van der Waals surface area contributed by atoms with Gasteiger partial charge < -0.3 is 51.0 Å². The van der Waals surface area contributed by atoms with Gasteiger partial charge in [-0.25, -0.2) is 9.59 Å². The summed E-state index contributed by atoms with van der Waals surface area (Å²) in [6.45, 7) is 14.0. The second-order valence-corrected chi connectivity index (χ2v) is 18.1. The molecule has 8 N–H and O–H groups in total. The molecule has 0 radical (unpaired) electrons. The fraction of sp³-hybridized carbons (Fsp3) is 0.476. The number of amides is 2. The highest BCUT2D eigenvalue weighted by Crippen LogP contribution is 2.38. The molecule has 2 amide bonds. The Morgan fingerprint density at radius 1 is 0.661 bits per heavy atom. The van der Waals surface area contributed by atoms with Crippen LogP contribution in [-0.2, 0) is 9.47 Å². The number of carbonyl (C=O) groups is 2. The first-order valence-electron chi connectivity index (χ1n) is 20.6. The largest absolute Gasteiger partial charge is 0.508 e. The van der Waals surface area contributed by atoms with Crippen molar-refractivity contribution in [1.82, 2.24) is 30.2 Å². The Hall–Kier alpha value is -5.79. The van der Waals surface area contributed by atoms with Gasteiger partial charge in [0.2, 0.25) is 0 Å². The third-order valence-electron chi connectivity index (χ3n) is 10.8. The average molecular weight is 875 g/mol. The van der Waals surface area contributed by atoms with Crippen LogP contribution in [0.4, 0.5) is 32.6 Å². The first-order valence-corrected chi connectivity index (χ1v) is 20.9. The Labute approximate surface area is 366 Å². The van der Waals surface area contributed by atoms with Gasteiger partial charge in [0.15, 0.2) is 16.8 Å². The van der Waals surface area contributed by atoms with Crippen LogP contribution in [0.25, 0.3) is 11.3 Å². The number of ether oxygens (including phenoxy) is 2. The Kier molecular flexibility index (Phi) is 13.8. The molecule has 0 aliphatic carbocycles. The summed E-state index contributed by atoms with van der Waals surface area (Å²) in [7, 11) is -1.60. The van der Waals surface area contributed by atoms with Crippen molar-refractivity contribution in [1.29, 1.82) is 0 Å². The molecule has 4 aliphatic rings. The topological polar surface area (TPSA) is 250 Å². The molecule has 4 atom stereocenters. The molecule has 2 aromatic carbocycles. The smallest absolute Gasteiger partial charge is 0.492 e. The molecular formula is C42H56BClN10O8. The van der Waals surface area contributed by atoms with Crippen molar-refractivity contribution in [2.45, 2.75) is 103 Å². The van der Waals surface area contributed by atoms with E-state index in [4.69, 9.17) is 47.7 Å². The summed E-state index contributed by atoms with van der Waals surface area (Å²) in [6, 6.07) is 17.1. The Morgan fingerprint density at radius 2 is 1.08 bits per heavy atom. The van der Waals surface area contributed by atoms with Crippen LogP contribution in [0.5, 0.6) is 11.5 Å². The number of anilines is 4. The minimum Gasteiger partial charge on any atom is -0.508 e. The molecule has 4 unspecified atom stereocenters. The predicted molar refractivity (Wildman–Crippen MR) is 237 cm³/mol. The second-order valence-electron chi connectivity index (χ2n) is 17.7. The van der Waals surface area contributed by atoms with E-state index in [1.54, 1.807) is 36.4 Å². The first-order chi connectivity index (χ1) is 29.2. The highest BCUT2D eigenvalue weighted by atomic mass is 35.5. The monoisotopic (exact) mass is 874 g/mol. The number of nitrogens with two attached hydrogens (primary N) is 2. The summed E-state index contributed by atoms with van der Waals surface area (Å²) >= 11 is 5.94. The van der Waals surface area contributed by atoms with Crippen molar-refractivity contribution in [2.24, 2.45) is 0 Å². The number of phenolic OH excluding ortho intramolecular Hbond substituents is 2. The number of piperazine rings is 2. The summed E-state index contributed by atoms with van der Waals surface area (Å²) in [5.41, 5.74) is 13.9. The van der Waals surface area contributed by atoms with E-state index in [0.717, 1.165) is 37.1 Å². The van der Waals surface area contributed by atoms with Gasteiger partial charge >= 0.3 is 19.3 Å². The molecule has 62 heavy (non-hydrogen) atoms. The maximum absolute atomic E-state index is 12.7. The summed E-state index contributed by atoms with van der Waals surface area (Å²) in [4.78, 5) is 33.2. The van der Waals surface area contributed by atoms with Crippen LogP contribution in [0.3, 0.4) is 0 Å². The number of aromatic nitrogens is 4. The van der Waals surface area contributed by atoms with Gasteiger partial charge in [0.25, 0.3) is 0 Å². The molecule has 2 aromatic heterocycles. The Bertz CT molecular complexity index is 2200. The molecule has 4 bridgehead atoms. The van der Waals surface area contributed by atoms with Crippen molar-refractivity contribution in [3.8, 4) is 22.8 Å². The summed E-state index contributed by atoms with van der Waals surface area (Å²) in [5.74, 6) is 0.749. The Morgan fingerprint density at radius 3 is 1.50 bits per heavy atom. The van der Waals surface area contributed by atoms with E-state index in [2.05, 4.69) is 30.2 Å². The van der Waals surface area contributed by atoms with Gasteiger partial charge in [-0.1, -0.05) is 41.9 Å². The minimum absolute atomic E-state index is 0.0738. The van der Waals surface area contributed by atoms with E-state index < -0.39 is 18.3 Å². The number of aromatic hydroxyl groups is 2. The number of hydrogen-bond acceptors (Lipinski definition) is 16. The van der Waals surface area contributed by atoms with Crippen LogP contribution >= 0.6 is 11.6 Å². The molecule has 6 heterocycles. The van der Waals surface area contributed by atoms with E-state index in [-0.39, 0.29) is 53.3 Å². The molecule has 8 rings (SSSR count). The number of rotatable bonds is 4. The van der Waals surface area contributed by atoms with Crippen LogP contribution in [0.1, 0.15) is 67.2 Å². The van der Waals surface area contributed by atoms with E-state index in [9.17, 15) is 14.7 Å². The molecule has 0 spiro atoms. The summed E-state index contributed by atoms with van der Waals surface area (Å²) < 4.78 is 11.1. The number of nitrogens with zero attached hydrogens (tertiary/aromatic N) is 8. The van der Waals surface area contributed by atoms with Crippen molar-refractivity contribution in [3.63, 3.8) is 0 Å². The van der Waals surface area contributed by atoms with E-state index in [1.165, 1.54) is 12.1 Å². The van der Waals surface area contributed by atoms with Gasteiger partial charge in [0.05, 0.1) is 41.2 Å². The quantitative estimate of drug-likeness (QED) is 0.156. The SMILES string of the molecule is CC(C)(C)OC(=O)N1C2CCC1CN(c1cc(-c3ccccc3O)nnc1N)C2.CC(C)(C)OC(=O)N1C2CCC1CN(c1cc(Cl)nnc1N)C2.OB(O)c1ccccc1O. The minimum atomic E-state index is -1.60. The number of halogens is 1. The molecule has 18 nitrogen and oxygen atoms in total. The maximum Gasteiger partial charge on any atom is 0.492 e. The van der Waals surface area contributed by atoms with Crippen LogP contribution in [0, 0.1) is 0 Å². The zero-order valence-electron chi connectivity index (χ0n) is 35.8. The fourth-order valence-electron chi connectivity index (χ4n) is 8.22. The number of carbonyl (C=O) groups excluding carboxylic acids is 2. The fourth-order valence-corrected chi connectivity index (χ4v) is 8.36. The van der Waals surface area contributed by atoms with Gasteiger partial charge in [-0.2, -0.15) is 0 Å². The third-order valence-corrected chi connectivity index (χ3v) is 11.0. The number of fused-ring (bicyclic) bond motifs is 4. The maximum atomic E-state index is 12.7. The number of benzene rings is 2. The molecule has 20 heteroatoms. The molecule has 4 fully saturated rings. The third kappa shape index (κ3) is 11.0. The van der Waals surface area contributed by atoms with Gasteiger partial charge in [-0.05, 0) is 91.5 Å². The first kappa shape index (κ1) is 45.7. The van der Waals surface area contributed by atoms with Crippen LogP contribution in [-0.4, -0.2) is 131 Å². The average Bonchev–Trinajstić information content (AvgIpc) is 3.62. The number of hydrogen-bond donors (Lipinski definition) is 6. The number of para-hydroxylation sites is 2. The second kappa shape index (κ2) is 18.7. The molecule has 0 saturated carbocycles. The van der Waals surface area contributed by atoms with Gasteiger partial charge in [-0.3, -0.25) is 9.80 Å². The highest BCUT2D eigenvalue weighted by Gasteiger charge is 2.46. The highest BCUT2D eigenvalue weighted by molar-refractivity contribution is 6.59. The molecule has 4 saturated heterocycles. The van der Waals surface area contributed by atoms with E-state index in [0.29, 0.717) is 54.2 Å². The van der Waals surface area contributed by atoms with Crippen molar-refractivity contribution in [2.75, 3.05) is 47.4 Å². The number of nitrogen functional groups attached to an aromatic ring is 2. The predicted octanol–water partition coefficient (Wildman–Crippen LogP) is 4.39. The van der Waals surface area contributed by atoms with Gasteiger partial charge in [0.1, 0.15) is 22.7 Å². The van der Waals surface area contributed by atoms with Crippen molar-refractivity contribution < 1.29 is 39.3 Å². The lowest BCUT2D eigenvalue weighted by molar-refractivity contribution is 0.0112.